The predicted octanol–water partition coefficient (Wildman–Crippen LogP) is 23.1. The summed E-state index contributed by atoms with van der Waals surface area (Å²) in [7, 11) is 0. The van der Waals surface area contributed by atoms with Gasteiger partial charge in [-0.1, -0.05) is 218 Å². The topological polar surface area (TPSA) is 112 Å². The highest BCUT2D eigenvalue weighted by Crippen LogP contribution is 2.57. The van der Waals surface area contributed by atoms with E-state index in [0.717, 1.165) is 145 Å². The summed E-state index contributed by atoms with van der Waals surface area (Å²) in [4.78, 5) is 34.1. The molecule has 0 aliphatic carbocycles. The van der Waals surface area contributed by atoms with E-state index in [0.29, 0.717) is 34.9 Å². The maximum Gasteiger partial charge on any atom is 0.164 e. The maximum absolute atomic E-state index is 6.82. The molecule has 12 nitrogen and oxygen atoms in total. The molecule has 0 fully saturated rings. The second-order valence-corrected chi connectivity index (χ2v) is 25.0. The van der Waals surface area contributed by atoms with E-state index >= 15 is 0 Å². The number of ether oxygens (including phenoxy) is 2. The molecule has 14 aromatic carbocycles. The molecule has 0 saturated heterocycles. The quantitative estimate of drug-likeness (QED) is 0.131. The second kappa shape index (κ2) is 25.1. The first kappa shape index (κ1) is 59.2. The molecule has 2 aliphatic rings. The van der Waals surface area contributed by atoms with E-state index in [2.05, 4.69) is 219 Å². The van der Waals surface area contributed by atoms with E-state index in [-0.39, 0.29) is 0 Å². The number of anilines is 6. The zero-order valence-corrected chi connectivity index (χ0v) is 54.8. The van der Waals surface area contributed by atoms with Crippen LogP contribution < -0.4 is 19.3 Å². The van der Waals surface area contributed by atoms with Crippen molar-refractivity contribution in [3.8, 4) is 103 Å². The molecule has 2 aliphatic heterocycles. The summed E-state index contributed by atoms with van der Waals surface area (Å²) < 4.78 is 18.1. The Balaban J connectivity index is 0.000000141. The Labute approximate surface area is 587 Å². The van der Waals surface area contributed by atoms with E-state index in [1.54, 1.807) is 0 Å². The van der Waals surface area contributed by atoms with E-state index < -0.39 is 0 Å². The molecule has 20 rings (SSSR count). The van der Waals surface area contributed by atoms with Gasteiger partial charge in [0.05, 0.1) is 50.2 Å². The van der Waals surface area contributed by atoms with Crippen LogP contribution in [0.25, 0.3) is 123 Å². The van der Waals surface area contributed by atoms with E-state index in [9.17, 15) is 0 Å². The van der Waals surface area contributed by atoms with Crippen LogP contribution in [0.2, 0.25) is 0 Å². The van der Waals surface area contributed by atoms with Crippen molar-refractivity contribution in [1.82, 2.24) is 39.0 Å². The molecule has 0 radical (unpaired) electrons. The van der Waals surface area contributed by atoms with Crippen LogP contribution in [0.3, 0.4) is 0 Å². The molecule has 0 saturated carbocycles. The fraction of sp³-hybridized carbons (Fsp3) is 0. The van der Waals surface area contributed by atoms with Crippen molar-refractivity contribution in [2.24, 2.45) is 0 Å². The Morgan fingerprint density at radius 3 is 0.990 bits per heavy atom. The molecule has 0 amide bonds. The third kappa shape index (κ3) is 10.4. The molecule has 6 heterocycles. The summed E-state index contributed by atoms with van der Waals surface area (Å²) in [5.74, 6) is 7.02. The number of rotatable bonds is 10. The number of benzene rings is 14. The average Bonchev–Trinajstić information content (AvgIpc) is 1.50. The fourth-order valence-electron chi connectivity index (χ4n) is 14.2. The molecule has 102 heavy (non-hydrogen) atoms. The highest BCUT2D eigenvalue weighted by atomic mass is 16.5. The van der Waals surface area contributed by atoms with E-state index in [1.165, 1.54) is 0 Å². The first-order valence-electron chi connectivity index (χ1n) is 33.9. The third-order valence-electron chi connectivity index (χ3n) is 18.8. The zero-order valence-electron chi connectivity index (χ0n) is 54.8. The van der Waals surface area contributed by atoms with Gasteiger partial charge >= 0.3 is 0 Å². The Kier molecular flexibility index (Phi) is 14.6. The summed E-state index contributed by atoms with van der Waals surface area (Å²) in [5, 5.41) is 4.50. The molecule has 480 valence electrons. The van der Waals surface area contributed by atoms with Crippen LogP contribution in [0.15, 0.2) is 352 Å². The second-order valence-electron chi connectivity index (χ2n) is 25.0. The molecule has 0 bridgehead atoms. The SMILES string of the molecule is c1ccc(-c2nc(-c3ccccc3)nc(-c3ccc(N4c5ccccc5Oc5c4ccc4c5c5ccccc5n4-c4ccccc4)cc3)n2)cc1.c1ccc(-c2nc(-c3ccccc3)nc(-c3ccc(N4c5ccccc5Oc5ccc6c(c54)c4ccccc4n6-c4ccccc4)cc3)n2)cc1. The first-order valence-corrected chi connectivity index (χ1v) is 33.9. The number of aromatic nitrogens is 8. The lowest BCUT2D eigenvalue weighted by Crippen LogP contribution is -2.16. The lowest BCUT2D eigenvalue weighted by atomic mass is 10.0. The molecular weight excluding hydrogens is 1250 g/mol. The van der Waals surface area contributed by atoms with Crippen molar-refractivity contribution in [1.29, 1.82) is 0 Å². The summed E-state index contributed by atoms with van der Waals surface area (Å²) in [5.41, 5.74) is 18.2. The lowest BCUT2D eigenvalue weighted by Gasteiger charge is -2.33. The van der Waals surface area contributed by atoms with Crippen molar-refractivity contribution in [3.05, 3.63) is 352 Å². The van der Waals surface area contributed by atoms with Crippen molar-refractivity contribution < 1.29 is 9.47 Å². The third-order valence-corrected chi connectivity index (χ3v) is 18.8. The average molecular weight is 1310 g/mol. The molecular formula is C90H58N10O2. The highest BCUT2D eigenvalue weighted by molar-refractivity contribution is 6.19. The van der Waals surface area contributed by atoms with Gasteiger partial charge in [-0.25, -0.2) is 29.9 Å². The first-order chi connectivity index (χ1) is 50.6. The van der Waals surface area contributed by atoms with Gasteiger partial charge in [-0.05, 0) is 133 Å². The summed E-state index contributed by atoms with van der Waals surface area (Å²) >= 11 is 0. The van der Waals surface area contributed by atoms with E-state index in [1.807, 2.05) is 152 Å². The van der Waals surface area contributed by atoms with Gasteiger partial charge in [0.15, 0.2) is 57.9 Å². The largest absolute Gasteiger partial charge is 0.453 e. The minimum Gasteiger partial charge on any atom is -0.453 e. The van der Waals surface area contributed by atoms with Gasteiger partial charge in [0.1, 0.15) is 0 Å². The van der Waals surface area contributed by atoms with Crippen molar-refractivity contribution >= 4 is 77.7 Å². The Bertz CT molecular complexity index is 6060. The van der Waals surface area contributed by atoms with Crippen LogP contribution in [0.1, 0.15) is 0 Å². The number of para-hydroxylation sites is 8. The monoisotopic (exact) mass is 1310 g/mol. The predicted molar refractivity (Wildman–Crippen MR) is 410 cm³/mol. The Morgan fingerprint density at radius 2 is 0.539 bits per heavy atom. The Morgan fingerprint density at radius 1 is 0.206 bits per heavy atom. The zero-order chi connectivity index (χ0) is 67.5. The van der Waals surface area contributed by atoms with Crippen LogP contribution in [-0.2, 0) is 0 Å². The summed E-state index contributed by atoms with van der Waals surface area (Å²) in [6, 6.07) is 120. The van der Waals surface area contributed by atoms with Crippen LogP contribution in [-0.4, -0.2) is 39.0 Å². The van der Waals surface area contributed by atoms with E-state index in [4.69, 9.17) is 39.4 Å². The molecule has 0 atom stereocenters. The maximum atomic E-state index is 6.82. The number of hydrogen-bond acceptors (Lipinski definition) is 10. The van der Waals surface area contributed by atoms with Crippen molar-refractivity contribution in [2.75, 3.05) is 9.80 Å². The van der Waals surface area contributed by atoms with Crippen LogP contribution >= 0.6 is 0 Å². The smallest absolute Gasteiger partial charge is 0.164 e. The standard InChI is InChI=1S/2C45H29N5O/c1-4-14-30(15-5-1)43-46-44(31-16-6-2-7-17-31)48-45(47-43)32-24-26-34(27-25-32)50-37-22-12-13-23-40(37)51-42-39(50)29-28-38-41(42)35-20-10-11-21-36(35)49(38)33-18-8-3-9-19-33;1-4-14-30(15-5-1)43-46-44(31-16-6-2-7-17-31)48-45(47-43)32-24-26-34(27-25-32)50-37-22-12-13-23-39(37)51-40-29-28-38-41(42(40)50)35-20-10-11-21-36(35)49(38)33-18-8-3-9-19-33/h2*1-29H. The molecule has 18 aromatic rings. The molecule has 4 aromatic heterocycles. The molecule has 12 heteroatoms. The highest BCUT2D eigenvalue weighted by Gasteiger charge is 2.33. The van der Waals surface area contributed by atoms with Crippen LogP contribution in [0.4, 0.5) is 34.1 Å². The number of fused-ring (bicyclic) bond motifs is 12. The van der Waals surface area contributed by atoms with Crippen LogP contribution in [0.5, 0.6) is 23.0 Å². The van der Waals surface area contributed by atoms with Gasteiger partial charge in [-0.15, -0.1) is 0 Å². The molecule has 0 spiro atoms. The summed E-state index contributed by atoms with van der Waals surface area (Å²) in [6.07, 6.45) is 0. The van der Waals surface area contributed by atoms with Crippen molar-refractivity contribution in [3.63, 3.8) is 0 Å². The van der Waals surface area contributed by atoms with Crippen molar-refractivity contribution in [2.45, 2.75) is 0 Å². The normalized spacial score (nSPS) is 12.0. The van der Waals surface area contributed by atoms with Gasteiger partial charge in [-0.3, -0.25) is 0 Å². The summed E-state index contributed by atoms with van der Waals surface area (Å²) in [6.45, 7) is 0. The van der Waals surface area contributed by atoms with Gasteiger partial charge in [-0.2, -0.15) is 0 Å². The number of nitrogens with zero attached hydrogens (tertiary/aromatic N) is 10. The Hall–Kier alpha value is -14.1. The van der Waals surface area contributed by atoms with Gasteiger partial charge in [0.25, 0.3) is 0 Å². The molecule has 0 unspecified atom stereocenters. The van der Waals surface area contributed by atoms with Gasteiger partial charge in [0, 0.05) is 72.3 Å². The number of hydrogen-bond donors (Lipinski definition) is 0. The lowest BCUT2D eigenvalue weighted by molar-refractivity contribution is 0.478. The van der Waals surface area contributed by atoms with Crippen LogP contribution in [0, 0.1) is 0 Å². The molecule has 0 N–H and O–H groups in total. The fourth-order valence-corrected chi connectivity index (χ4v) is 14.2. The minimum atomic E-state index is 0.616. The van der Waals surface area contributed by atoms with Gasteiger partial charge in [0.2, 0.25) is 0 Å². The minimum absolute atomic E-state index is 0.616. The van der Waals surface area contributed by atoms with Gasteiger partial charge < -0.3 is 28.4 Å².